The molecular weight excluding hydrogens is 204 g/mol. The van der Waals surface area contributed by atoms with Gasteiger partial charge in [0.05, 0.1) is 0 Å². The highest BCUT2D eigenvalue weighted by molar-refractivity contribution is 5.66. The summed E-state index contributed by atoms with van der Waals surface area (Å²) in [6.45, 7) is 5.49. The van der Waals surface area contributed by atoms with Gasteiger partial charge in [0.25, 0.3) is 0 Å². The van der Waals surface area contributed by atoms with E-state index in [0.29, 0.717) is 18.4 Å². The quantitative estimate of drug-likeness (QED) is 0.716. The third-order valence-electron chi connectivity index (χ3n) is 3.33. The molecule has 16 heavy (non-hydrogen) atoms. The molecule has 0 aromatic heterocycles. The monoisotopic (exact) mass is 228 g/mol. The first-order chi connectivity index (χ1) is 7.65. The van der Waals surface area contributed by atoms with Crippen molar-refractivity contribution in [3.63, 3.8) is 0 Å². The molecule has 1 aliphatic heterocycles. The molecule has 0 spiro atoms. The van der Waals surface area contributed by atoms with Gasteiger partial charge in [-0.1, -0.05) is 6.92 Å². The maximum atomic E-state index is 10.6. The second kappa shape index (κ2) is 6.86. The van der Waals surface area contributed by atoms with E-state index in [1.54, 1.807) is 0 Å². The van der Waals surface area contributed by atoms with E-state index in [0.717, 1.165) is 32.5 Å². The van der Waals surface area contributed by atoms with Crippen molar-refractivity contribution in [3.8, 4) is 0 Å². The third kappa shape index (κ3) is 4.49. The van der Waals surface area contributed by atoms with Gasteiger partial charge in [-0.3, -0.25) is 4.79 Å². The first-order valence-electron chi connectivity index (χ1n) is 6.27. The number of piperidine rings is 1. The summed E-state index contributed by atoms with van der Waals surface area (Å²) in [5.74, 6) is -0.137. The first-order valence-corrected chi connectivity index (χ1v) is 6.27. The van der Waals surface area contributed by atoms with Crippen molar-refractivity contribution in [2.45, 2.75) is 38.6 Å². The van der Waals surface area contributed by atoms with Crippen molar-refractivity contribution >= 4 is 5.97 Å². The first kappa shape index (κ1) is 13.5. The smallest absolute Gasteiger partial charge is 0.303 e. The van der Waals surface area contributed by atoms with E-state index in [-0.39, 0.29) is 0 Å². The van der Waals surface area contributed by atoms with E-state index < -0.39 is 5.97 Å². The van der Waals surface area contributed by atoms with Gasteiger partial charge in [0.2, 0.25) is 0 Å². The highest BCUT2D eigenvalue weighted by atomic mass is 16.4. The fourth-order valence-corrected chi connectivity index (χ4v) is 2.55. The molecule has 0 bridgehead atoms. The largest absolute Gasteiger partial charge is 0.481 e. The van der Waals surface area contributed by atoms with Gasteiger partial charge >= 0.3 is 5.97 Å². The Morgan fingerprint density at radius 3 is 2.81 bits per heavy atom. The molecule has 1 fully saturated rings. The van der Waals surface area contributed by atoms with Crippen LogP contribution in [0.2, 0.25) is 0 Å². The van der Waals surface area contributed by atoms with Crippen molar-refractivity contribution in [2.24, 2.45) is 5.92 Å². The lowest BCUT2D eigenvalue weighted by atomic mass is 9.90. The molecule has 4 nitrogen and oxygen atoms in total. The number of carboxylic acid groups (broad SMARTS) is 1. The number of carboxylic acids is 1. The zero-order valence-corrected chi connectivity index (χ0v) is 10.4. The number of likely N-dealkylation sites (N-methyl/N-ethyl adjacent to an activating group) is 1. The third-order valence-corrected chi connectivity index (χ3v) is 3.33. The Morgan fingerprint density at radius 1 is 1.50 bits per heavy atom. The number of carbonyl (C=O) groups is 1. The molecule has 1 rings (SSSR count). The molecule has 4 heteroatoms. The molecule has 1 aliphatic rings. The van der Waals surface area contributed by atoms with Gasteiger partial charge in [0.1, 0.15) is 0 Å². The van der Waals surface area contributed by atoms with Crippen LogP contribution in [0.15, 0.2) is 0 Å². The molecule has 0 saturated carbocycles. The van der Waals surface area contributed by atoms with E-state index in [4.69, 9.17) is 5.11 Å². The van der Waals surface area contributed by atoms with Crippen LogP contribution in [0.5, 0.6) is 0 Å². The van der Waals surface area contributed by atoms with Crippen molar-refractivity contribution in [2.75, 3.05) is 26.7 Å². The summed E-state index contributed by atoms with van der Waals surface area (Å²) in [5, 5.41) is 12.0. The van der Waals surface area contributed by atoms with Crippen molar-refractivity contribution in [1.29, 1.82) is 0 Å². The van der Waals surface area contributed by atoms with Gasteiger partial charge in [-0.05, 0) is 38.8 Å². The summed E-state index contributed by atoms with van der Waals surface area (Å²) in [6.07, 6.45) is 3.40. The average molecular weight is 228 g/mol. The Balaban J connectivity index is 2.40. The summed E-state index contributed by atoms with van der Waals surface area (Å²) in [4.78, 5) is 13.0. The Morgan fingerprint density at radius 2 is 2.25 bits per heavy atom. The van der Waals surface area contributed by atoms with E-state index in [9.17, 15) is 4.79 Å². The minimum absolute atomic E-state index is 0.307. The molecular formula is C12H24N2O2. The second-order valence-corrected chi connectivity index (χ2v) is 4.78. The van der Waals surface area contributed by atoms with Crippen LogP contribution in [-0.4, -0.2) is 48.7 Å². The van der Waals surface area contributed by atoms with Crippen molar-refractivity contribution in [1.82, 2.24) is 10.2 Å². The number of nitrogens with zero attached hydrogens (tertiary/aromatic N) is 1. The number of rotatable bonds is 6. The zero-order valence-electron chi connectivity index (χ0n) is 10.4. The molecule has 0 aromatic carbocycles. The molecule has 1 heterocycles. The SMILES string of the molecule is CCCN1CC(CCC(=O)O)CC(NC)C1. The lowest BCUT2D eigenvalue weighted by Crippen LogP contribution is -2.48. The normalized spacial score (nSPS) is 26.9. The predicted molar refractivity (Wildman–Crippen MR) is 64.6 cm³/mol. The molecule has 2 N–H and O–H groups in total. The number of hydrogen-bond acceptors (Lipinski definition) is 3. The van der Waals surface area contributed by atoms with E-state index in [2.05, 4.69) is 17.1 Å². The Kier molecular flexibility index (Phi) is 5.77. The maximum absolute atomic E-state index is 10.6. The fourth-order valence-electron chi connectivity index (χ4n) is 2.55. The highest BCUT2D eigenvalue weighted by Crippen LogP contribution is 2.21. The van der Waals surface area contributed by atoms with Crippen LogP contribution in [0.1, 0.15) is 32.6 Å². The van der Waals surface area contributed by atoms with Crippen LogP contribution in [0.4, 0.5) is 0 Å². The number of likely N-dealkylation sites (tertiary alicyclic amines) is 1. The number of aliphatic carboxylic acids is 1. The lowest BCUT2D eigenvalue weighted by molar-refractivity contribution is -0.137. The molecule has 0 aliphatic carbocycles. The fraction of sp³-hybridized carbons (Fsp3) is 0.917. The van der Waals surface area contributed by atoms with Crippen molar-refractivity contribution in [3.05, 3.63) is 0 Å². The molecule has 94 valence electrons. The predicted octanol–water partition coefficient (Wildman–Crippen LogP) is 1.17. The van der Waals surface area contributed by atoms with E-state index in [1.807, 2.05) is 7.05 Å². The van der Waals surface area contributed by atoms with Gasteiger partial charge in [0, 0.05) is 25.6 Å². The van der Waals surface area contributed by atoms with Crippen LogP contribution in [0.25, 0.3) is 0 Å². The minimum atomic E-state index is -0.673. The molecule has 1 saturated heterocycles. The molecule has 0 radical (unpaired) electrons. The van der Waals surface area contributed by atoms with Gasteiger partial charge < -0.3 is 15.3 Å². The zero-order chi connectivity index (χ0) is 12.0. The van der Waals surface area contributed by atoms with Crippen LogP contribution in [-0.2, 0) is 4.79 Å². The summed E-state index contributed by atoms with van der Waals surface area (Å²) in [7, 11) is 1.99. The number of hydrogen-bond donors (Lipinski definition) is 2. The Bertz CT molecular complexity index is 221. The topological polar surface area (TPSA) is 52.6 Å². The van der Waals surface area contributed by atoms with Gasteiger partial charge in [-0.2, -0.15) is 0 Å². The molecule has 2 atom stereocenters. The minimum Gasteiger partial charge on any atom is -0.481 e. The van der Waals surface area contributed by atoms with E-state index >= 15 is 0 Å². The van der Waals surface area contributed by atoms with Gasteiger partial charge in [-0.25, -0.2) is 0 Å². The summed E-state index contributed by atoms with van der Waals surface area (Å²) >= 11 is 0. The molecule has 0 aromatic rings. The Labute approximate surface area is 98.0 Å². The molecule has 2 unspecified atom stereocenters. The Hall–Kier alpha value is -0.610. The van der Waals surface area contributed by atoms with Crippen LogP contribution in [0.3, 0.4) is 0 Å². The maximum Gasteiger partial charge on any atom is 0.303 e. The molecule has 0 amide bonds. The summed E-state index contributed by atoms with van der Waals surface area (Å²) < 4.78 is 0. The van der Waals surface area contributed by atoms with Crippen LogP contribution in [0, 0.1) is 5.92 Å². The average Bonchev–Trinajstić information content (AvgIpc) is 2.26. The second-order valence-electron chi connectivity index (χ2n) is 4.78. The highest BCUT2D eigenvalue weighted by Gasteiger charge is 2.25. The van der Waals surface area contributed by atoms with E-state index in [1.165, 1.54) is 6.42 Å². The van der Waals surface area contributed by atoms with Gasteiger partial charge in [-0.15, -0.1) is 0 Å². The van der Waals surface area contributed by atoms with Crippen molar-refractivity contribution < 1.29 is 9.90 Å². The summed E-state index contributed by atoms with van der Waals surface area (Å²) in [6, 6.07) is 0.527. The summed E-state index contributed by atoms with van der Waals surface area (Å²) in [5.41, 5.74) is 0. The van der Waals surface area contributed by atoms with Gasteiger partial charge in [0.15, 0.2) is 0 Å². The standard InChI is InChI=1S/C12H24N2O2/c1-3-6-14-8-10(4-5-12(15)16)7-11(9-14)13-2/h10-11,13H,3-9H2,1-2H3,(H,15,16). The van der Waals surface area contributed by atoms with Crippen LogP contribution >= 0.6 is 0 Å². The lowest BCUT2D eigenvalue weighted by Gasteiger charge is -2.37. The van der Waals surface area contributed by atoms with Crippen LogP contribution < -0.4 is 5.32 Å². The number of nitrogens with one attached hydrogen (secondary N) is 1.